The molecule has 1 aliphatic heterocycles. The first kappa shape index (κ1) is 17.0. The molecule has 4 nitrogen and oxygen atoms in total. The lowest BCUT2D eigenvalue weighted by atomic mass is 9.70. The fraction of sp³-hybridized carbons (Fsp3) is 0.130. The van der Waals surface area contributed by atoms with Crippen molar-refractivity contribution in [1.29, 1.82) is 0 Å². The van der Waals surface area contributed by atoms with Crippen LogP contribution in [-0.4, -0.2) is 11.7 Å². The maximum atomic E-state index is 13.5. The summed E-state index contributed by atoms with van der Waals surface area (Å²) in [6.45, 7) is 1.81. The van der Waals surface area contributed by atoms with Gasteiger partial charge >= 0.3 is 5.97 Å². The minimum atomic E-state index is -1.15. The van der Waals surface area contributed by atoms with Gasteiger partial charge in [0.15, 0.2) is 11.5 Å². The summed E-state index contributed by atoms with van der Waals surface area (Å²) in [6, 6.07) is 28.3. The van der Waals surface area contributed by atoms with E-state index in [0.717, 1.165) is 11.1 Å². The van der Waals surface area contributed by atoms with Crippen molar-refractivity contribution in [1.82, 2.24) is 0 Å². The normalized spacial score (nSPS) is 21.2. The summed E-state index contributed by atoms with van der Waals surface area (Å²) in [6.07, 6.45) is -0.600. The molecule has 3 aromatic rings. The largest absolute Gasteiger partial charge is 0.425 e. The topological polar surface area (TPSA) is 47.9 Å². The molecule has 27 heavy (non-hydrogen) atoms. The molecule has 134 valence electrons. The fourth-order valence-electron chi connectivity index (χ4n) is 3.52. The summed E-state index contributed by atoms with van der Waals surface area (Å²) >= 11 is 0. The van der Waals surface area contributed by atoms with E-state index in [1.807, 2.05) is 85.8 Å². The molecule has 0 N–H and O–H groups in total. The monoisotopic (exact) mass is 357 g/mol. The summed E-state index contributed by atoms with van der Waals surface area (Å²) in [5.74, 6) is 0.0804. The van der Waals surface area contributed by atoms with Crippen LogP contribution in [-0.2, 0) is 15.0 Å². The van der Waals surface area contributed by atoms with Gasteiger partial charge in [0.1, 0.15) is 5.75 Å². The zero-order chi connectivity index (χ0) is 18.7. The fourth-order valence-corrected chi connectivity index (χ4v) is 3.52. The van der Waals surface area contributed by atoms with Gasteiger partial charge in [0.2, 0.25) is 0 Å². The van der Waals surface area contributed by atoms with Gasteiger partial charge in [-0.25, -0.2) is 0 Å². The van der Waals surface area contributed by atoms with Crippen LogP contribution in [0, 0.1) is 0 Å². The molecule has 4 rings (SSSR count). The van der Waals surface area contributed by atoms with E-state index in [4.69, 9.17) is 9.57 Å². The second-order valence-corrected chi connectivity index (χ2v) is 6.45. The van der Waals surface area contributed by atoms with Gasteiger partial charge in [0.25, 0.3) is 0 Å². The smallest absolute Gasteiger partial charge is 0.332 e. The van der Waals surface area contributed by atoms with Gasteiger partial charge in [-0.05, 0) is 30.2 Å². The van der Waals surface area contributed by atoms with Crippen molar-refractivity contribution < 1.29 is 14.4 Å². The van der Waals surface area contributed by atoms with Crippen LogP contribution in [0.2, 0.25) is 0 Å². The van der Waals surface area contributed by atoms with E-state index < -0.39 is 17.5 Å². The number of rotatable bonds is 4. The lowest BCUT2D eigenvalue weighted by Crippen LogP contribution is -2.47. The molecule has 0 saturated carbocycles. The van der Waals surface area contributed by atoms with Crippen LogP contribution >= 0.6 is 0 Å². The number of hydrogen-bond acceptors (Lipinski definition) is 4. The number of hydrogen-bond donors (Lipinski definition) is 0. The second kappa shape index (κ2) is 7.08. The molecule has 0 saturated heterocycles. The summed E-state index contributed by atoms with van der Waals surface area (Å²) in [5, 5.41) is 4.20. The maximum Gasteiger partial charge on any atom is 0.332 e. The van der Waals surface area contributed by atoms with Gasteiger partial charge < -0.3 is 9.57 Å². The Kier molecular flexibility index (Phi) is 4.47. The third kappa shape index (κ3) is 2.89. The number of esters is 1. The Labute approximate surface area is 158 Å². The highest BCUT2D eigenvalue weighted by Crippen LogP contribution is 2.46. The van der Waals surface area contributed by atoms with Gasteiger partial charge in [-0.15, -0.1) is 0 Å². The number of carbonyl (C=O) groups is 1. The SMILES string of the molecule is CC1=NOC(c2ccccc2)[C@]1(C(=O)Oc1ccccc1)c1ccccc1. The lowest BCUT2D eigenvalue weighted by molar-refractivity contribution is -0.142. The van der Waals surface area contributed by atoms with Crippen molar-refractivity contribution in [2.24, 2.45) is 5.16 Å². The molecule has 1 aliphatic rings. The highest BCUT2D eigenvalue weighted by Gasteiger charge is 2.57. The van der Waals surface area contributed by atoms with Crippen LogP contribution in [0.4, 0.5) is 0 Å². The van der Waals surface area contributed by atoms with E-state index in [1.54, 1.807) is 12.1 Å². The van der Waals surface area contributed by atoms with E-state index in [1.165, 1.54) is 0 Å². The third-order valence-electron chi connectivity index (χ3n) is 4.87. The second-order valence-electron chi connectivity index (χ2n) is 6.45. The number of oxime groups is 1. The molecular weight excluding hydrogens is 338 g/mol. The molecular formula is C23H19NO3. The lowest BCUT2D eigenvalue weighted by Gasteiger charge is -2.31. The molecule has 0 amide bonds. The zero-order valence-corrected chi connectivity index (χ0v) is 14.9. The Morgan fingerprint density at radius 3 is 2.07 bits per heavy atom. The van der Waals surface area contributed by atoms with Gasteiger partial charge in [-0.3, -0.25) is 4.79 Å². The highest BCUT2D eigenvalue weighted by atomic mass is 16.6. The van der Waals surface area contributed by atoms with Crippen LogP contribution in [0.1, 0.15) is 24.2 Å². The average Bonchev–Trinajstić information content (AvgIpc) is 3.08. The van der Waals surface area contributed by atoms with Gasteiger partial charge in [-0.2, -0.15) is 0 Å². The number of para-hydroxylation sites is 1. The Morgan fingerprint density at radius 2 is 1.44 bits per heavy atom. The average molecular weight is 357 g/mol. The molecule has 1 heterocycles. The molecule has 0 aromatic heterocycles. The Balaban J connectivity index is 1.85. The first-order chi connectivity index (χ1) is 13.2. The summed E-state index contributed by atoms with van der Waals surface area (Å²) < 4.78 is 5.78. The molecule has 3 aromatic carbocycles. The van der Waals surface area contributed by atoms with Crippen molar-refractivity contribution in [2.45, 2.75) is 18.4 Å². The number of benzene rings is 3. The molecule has 0 aliphatic carbocycles. The third-order valence-corrected chi connectivity index (χ3v) is 4.87. The van der Waals surface area contributed by atoms with Gasteiger partial charge in [0.05, 0.1) is 5.71 Å². The highest BCUT2D eigenvalue weighted by molar-refractivity contribution is 6.13. The zero-order valence-electron chi connectivity index (χ0n) is 14.9. The number of carbonyl (C=O) groups excluding carboxylic acids is 1. The number of ether oxygens (including phenoxy) is 1. The van der Waals surface area contributed by atoms with Crippen LogP contribution in [0.3, 0.4) is 0 Å². The first-order valence-corrected chi connectivity index (χ1v) is 8.81. The van der Waals surface area contributed by atoms with Crippen molar-refractivity contribution in [3.63, 3.8) is 0 Å². The van der Waals surface area contributed by atoms with Crippen molar-refractivity contribution in [3.8, 4) is 5.75 Å². The van der Waals surface area contributed by atoms with E-state index in [-0.39, 0.29) is 0 Å². The van der Waals surface area contributed by atoms with E-state index in [0.29, 0.717) is 11.5 Å². The Bertz CT molecular complexity index is 955. The van der Waals surface area contributed by atoms with E-state index in [9.17, 15) is 4.79 Å². The molecule has 2 atom stereocenters. The standard InChI is InChI=1S/C23H19NO3/c1-17-23(19-13-7-3-8-14-19,22(25)26-20-15-9-4-10-16-20)21(27-24-17)18-11-5-2-6-12-18/h2-16,21H,1H3/t21?,23-/m1/s1. The van der Waals surface area contributed by atoms with Crippen molar-refractivity contribution in [2.75, 3.05) is 0 Å². The Hall–Kier alpha value is -3.40. The maximum absolute atomic E-state index is 13.5. The van der Waals surface area contributed by atoms with Crippen LogP contribution in [0.15, 0.2) is 96.2 Å². The minimum absolute atomic E-state index is 0.410. The summed E-state index contributed by atoms with van der Waals surface area (Å²) in [5.41, 5.74) is 1.08. The van der Waals surface area contributed by atoms with Crippen molar-refractivity contribution in [3.05, 3.63) is 102 Å². The van der Waals surface area contributed by atoms with E-state index in [2.05, 4.69) is 5.16 Å². The summed E-state index contributed by atoms with van der Waals surface area (Å²) in [7, 11) is 0. The molecule has 0 spiro atoms. The first-order valence-electron chi connectivity index (χ1n) is 8.81. The van der Waals surface area contributed by atoms with Crippen LogP contribution in [0.5, 0.6) is 5.75 Å². The molecule has 0 radical (unpaired) electrons. The molecule has 0 fully saturated rings. The quantitative estimate of drug-likeness (QED) is 0.503. The number of nitrogens with zero attached hydrogens (tertiary/aromatic N) is 1. The molecule has 0 bridgehead atoms. The molecule has 1 unspecified atom stereocenters. The predicted molar refractivity (Wildman–Crippen MR) is 104 cm³/mol. The van der Waals surface area contributed by atoms with Gasteiger partial charge in [-0.1, -0.05) is 84.0 Å². The summed E-state index contributed by atoms with van der Waals surface area (Å²) in [4.78, 5) is 19.3. The van der Waals surface area contributed by atoms with Crippen LogP contribution in [0.25, 0.3) is 0 Å². The molecule has 4 heteroatoms. The van der Waals surface area contributed by atoms with Gasteiger partial charge in [0, 0.05) is 0 Å². The Morgan fingerprint density at radius 1 is 0.889 bits per heavy atom. The van der Waals surface area contributed by atoms with Crippen LogP contribution < -0.4 is 4.74 Å². The van der Waals surface area contributed by atoms with E-state index >= 15 is 0 Å². The predicted octanol–water partition coefficient (Wildman–Crippen LogP) is 4.68. The minimum Gasteiger partial charge on any atom is -0.425 e. The van der Waals surface area contributed by atoms with Crippen molar-refractivity contribution >= 4 is 11.7 Å².